The van der Waals surface area contributed by atoms with Crippen LogP contribution in [0.1, 0.15) is 11.4 Å². The third-order valence-corrected chi connectivity index (χ3v) is 3.87. The minimum Gasteiger partial charge on any atom is -0.341 e. The minimum atomic E-state index is -4.90. The van der Waals surface area contributed by atoms with E-state index in [0.29, 0.717) is 24.3 Å². The van der Waals surface area contributed by atoms with Gasteiger partial charge in [0, 0.05) is 6.54 Å². The van der Waals surface area contributed by atoms with Gasteiger partial charge in [-0.2, -0.15) is 13.2 Å². The van der Waals surface area contributed by atoms with Crippen molar-refractivity contribution in [2.24, 2.45) is 0 Å². The summed E-state index contributed by atoms with van der Waals surface area (Å²) < 4.78 is 39.0. The Hall–Kier alpha value is -2.83. The number of imidazole rings is 1. The summed E-state index contributed by atoms with van der Waals surface area (Å²) >= 11 is 0. The maximum Gasteiger partial charge on any atom is 0.471 e. The Bertz CT molecular complexity index is 872. The lowest BCUT2D eigenvalue weighted by atomic mass is 10.1. The lowest BCUT2D eigenvalue weighted by Gasteiger charge is -2.11. The fourth-order valence-corrected chi connectivity index (χ4v) is 2.65. The monoisotopic (exact) mass is 347 g/mol. The van der Waals surface area contributed by atoms with Crippen LogP contribution >= 0.6 is 0 Å². The predicted octanol–water partition coefficient (Wildman–Crippen LogP) is 3.46. The Balaban J connectivity index is 1.83. The van der Waals surface area contributed by atoms with Crippen LogP contribution in [-0.4, -0.2) is 21.6 Å². The number of aromatic nitrogens is 2. The summed E-state index contributed by atoms with van der Waals surface area (Å²) in [6, 6.07) is 17.1. The fourth-order valence-electron chi connectivity index (χ4n) is 2.65. The molecule has 0 spiro atoms. The molecule has 0 saturated heterocycles. The highest BCUT2D eigenvalue weighted by Crippen LogP contribution is 2.18. The van der Waals surface area contributed by atoms with E-state index >= 15 is 0 Å². The highest BCUT2D eigenvalue weighted by molar-refractivity contribution is 5.81. The van der Waals surface area contributed by atoms with Crippen molar-refractivity contribution in [2.45, 2.75) is 25.7 Å². The van der Waals surface area contributed by atoms with Crippen LogP contribution in [0.15, 0.2) is 54.6 Å². The molecular formula is C18H16F3N3O. The first-order chi connectivity index (χ1) is 11.9. The summed E-state index contributed by atoms with van der Waals surface area (Å²) in [6.45, 7) is 0.281. The quantitative estimate of drug-likeness (QED) is 0.768. The normalized spacial score (nSPS) is 11.6. The Morgan fingerprint density at radius 2 is 1.72 bits per heavy atom. The fraction of sp³-hybridized carbons (Fsp3) is 0.222. The van der Waals surface area contributed by atoms with Gasteiger partial charge in [-0.3, -0.25) is 4.79 Å². The maximum absolute atomic E-state index is 12.4. The molecule has 0 atom stereocenters. The van der Waals surface area contributed by atoms with Crippen molar-refractivity contribution in [3.05, 3.63) is 66.0 Å². The average molecular weight is 347 g/mol. The number of aryl methyl sites for hydroxylation is 2. The van der Waals surface area contributed by atoms with Gasteiger partial charge < -0.3 is 9.88 Å². The highest BCUT2D eigenvalue weighted by Gasteiger charge is 2.38. The number of nitrogens with one attached hydrogen (secondary N) is 1. The van der Waals surface area contributed by atoms with Gasteiger partial charge in [0.25, 0.3) is 0 Å². The van der Waals surface area contributed by atoms with E-state index in [2.05, 4.69) is 4.98 Å². The number of rotatable bonds is 5. The first kappa shape index (κ1) is 17.0. The molecule has 1 aromatic heterocycles. The maximum atomic E-state index is 12.4. The number of para-hydroxylation sites is 2. The Morgan fingerprint density at radius 1 is 1.04 bits per heavy atom. The molecule has 0 saturated carbocycles. The van der Waals surface area contributed by atoms with Crippen LogP contribution in [0.25, 0.3) is 11.0 Å². The molecular weight excluding hydrogens is 331 g/mol. The zero-order chi connectivity index (χ0) is 17.9. The van der Waals surface area contributed by atoms with E-state index in [4.69, 9.17) is 0 Å². The van der Waals surface area contributed by atoms with Crippen LogP contribution in [0.5, 0.6) is 0 Å². The zero-order valence-electron chi connectivity index (χ0n) is 13.3. The van der Waals surface area contributed by atoms with Crippen molar-refractivity contribution in [1.29, 1.82) is 0 Å². The topological polar surface area (TPSA) is 46.9 Å². The predicted molar refractivity (Wildman–Crippen MR) is 87.8 cm³/mol. The lowest BCUT2D eigenvalue weighted by Crippen LogP contribution is -2.36. The summed E-state index contributed by atoms with van der Waals surface area (Å²) in [7, 11) is 0. The summed E-state index contributed by atoms with van der Waals surface area (Å²) in [5.74, 6) is -1.57. The zero-order valence-corrected chi connectivity index (χ0v) is 13.3. The van der Waals surface area contributed by atoms with Crippen molar-refractivity contribution in [3.63, 3.8) is 0 Å². The van der Waals surface area contributed by atoms with Gasteiger partial charge in [0.1, 0.15) is 5.82 Å². The average Bonchev–Trinajstić information content (AvgIpc) is 2.95. The number of amides is 1. The first-order valence-electron chi connectivity index (χ1n) is 7.78. The molecule has 0 aliphatic rings. The van der Waals surface area contributed by atoms with Gasteiger partial charge in [0.2, 0.25) is 0 Å². The van der Waals surface area contributed by atoms with Crippen LogP contribution in [0, 0.1) is 0 Å². The van der Waals surface area contributed by atoms with Gasteiger partial charge in [-0.15, -0.1) is 0 Å². The second-order valence-electron chi connectivity index (χ2n) is 5.58. The number of halogens is 3. The highest BCUT2D eigenvalue weighted by atomic mass is 19.4. The number of hydrogen-bond acceptors (Lipinski definition) is 2. The summed E-state index contributed by atoms with van der Waals surface area (Å²) in [5, 5.41) is 1.89. The van der Waals surface area contributed by atoms with E-state index < -0.39 is 12.1 Å². The van der Waals surface area contributed by atoms with Gasteiger partial charge in [0.15, 0.2) is 0 Å². The van der Waals surface area contributed by atoms with Crippen molar-refractivity contribution >= 4 is 16.9 Å². The Morgan fingerprint density at radius 3 is 2.44 bits per heavy atom. The molecule has 0 aliphatic carbocycles. The number of fused-ring (bicyclic) bond motifs is 1. The van der Waals surface area contributed by atoms with Gasteiger partial charge in [-0.1, -0.05) is 42.5 Å². The van der Waals surface area contributed by atoms with Crippen LogP contribution < -0.4 is 5.32 Å². The van der Waals surface area contributed by atoms with E-state index in [1.165, 1.54) is 0 Å². The van der Waals surface area contributed by atoms with Gasteiger partial charge >= 0.3 is 12.1 Å². The third kappa shape index (κ3) is 3.99. The second kappa shape index (κ2) is 6.96. The van der Waals surface area contributed by atoms with E-state index in [0.717, 1.165) is 11.1 Å². The molecule has 25 heavy (non-hydrogen) atoms. The number of alkyl halides is 3. The molecule has 4 nitrogen and oxygen atoms in total. The second-order valence-corrected chi connectivity index (χ2v) is 5.58. The molecule has 0 radical (unpaired) electrons. The molecule has 0 bridgehead atoms. The molecule has 1 amide bonds. The number of carbonyl (C=O) groups is 1. The van der Waals surface area contributed by atoms with Crippen LogP contribution in [-0.2, 0) is 24.3 Å². The number of hydrogen-bond donors (Lipinski definition) is 1. The van der Waals surface area contributed by atoms with Gasteiger partial charge in [-0.25, -0.2) is 4.98 Å². The van der Waals surface area contributed by atoms with Gasteiger partial charge in [0.05, 0.1) is 17.6 Å². The minimum absolute atomic E-state index is 0.276. The number of carbonyl (C=O) groups excluding carboxylic acids is 1. The Kier molecular flexibility index (Phi) is 4.74. The van der Waals surface area contributed by atoms with E-state index in [1.807, 2.05) is 58.4 Å². The number of benzene rings is 2. The molecule has 1 N–H and O–H groups in total. The van der Waals surface area contributed by atoms with Crippen LogP contribution in [0.4, 0.5) is 13.2 Å². The molecule has 0 unspecified atom stereocenters. The molecule has 2 aromatic carbocycles. The molecule has 3 aromatic rings. The van der Waals surface area contributed by atoms with E-state index in [9.17, 15) is 18.0 Å². The third-order valence-electron chi connectivity index (χ3n) is 3.87. The smallest absolute Gasteiger partial charge is 0.341 e. The molecule has 0 fully saturated rings. The van der Waals surface area contributed by atoms with Crippen molar-refractivity contribution in [1.82, 2.24) is 14.9 Å². The van der Waals surface area contributed by atoms with Crippen LogP contribution in [0.3, 0.4) is 0 Å². The first-order valence-corrected chi connectivity index (χ1v) is 7.78. The van der Waals surface area contributed by atoms with Crippen LogP contribution in [0.2, 0.25) is 0 Å². The Labute approximate surface area is 142 Å². The molecule has 3 rings (SSSR count). The lowest BCUT2D eigenvalue weighted by molar-refractivity contribution is -0.173. The van der Waals surface area contributed by atoms with E-state index in [1.54, 1.807) is 6.07 Å². The molecule has 0 aliphatic heterocycles. The number of nitrogens with zero attached hydrogens (tertiary/aromatic N) is 2. The standard InChI is InChI=1S/C18H16F3N3O/c19-18(20,21)17(25)22-12-16-23-14-8-4-5-9-15(14)24(16)11-10-13-6-2-1-3-7-13/h1-9H,10-12H2,(H,22,25). The van der Waals surface area contributed by atoms with Crippen molar-refractivity contribution in [2.75, 3.05) is 0 Å². The van der Waals surface area contributed by atoms with Crippen molar-refractivity contribution in [3.8, 4) is 0 Å². The van der Waals surface area contributed by atoms with E-state index in [-0.39, 0.29) is 6.54 Å². The summed E-state index contributed by atoms with van der Waals surface area (Å²) in [4.78, 5) is 15.4. The SMILES string of the molecule is O=C(NCc1nc2ccccc2n1CCc1ccccc1)C(F)(F)F. The molecule has 7 heteroatoms. The van der Waals surface area contributed by atoms with Crippen molar-refractivity contribution < 1.29 is 18.0 Å². The molecule has 130 valence electrons. The van der Waals surface area contributed by atoms with Gasteiger partial charge in [-0.05, 0) is 24.1 Å². The largest absolute Gasteiger partial charge is 0.471 e. The summed E-state index contributed by atoms with van der Waals surface area (Å²) in [6.07, 6.45) is -4.19. The molecule has 1 heterocycles. The summed E-state index contributed by atoms with van der Waals surface area (Å²) in [5.41, 5.74) is 2.63.